The molecule has 38 heavy (non-hydrogen) atoms. The van der Waals surface area contributed by atoms with E-state index in [2.05, 4.69) is 25.7 Å². The molecule has 4 rings (SSSR count). The number of rotatable bonds is 5. The summed E-state index contributed by atoms with van der Waals surface area (Å²) in [4.78, 5) is 38.4. The van der Waals surface area contributed by atoms with Crippen LogP contribution in [-0.2, 0) is 26.8 Å². The number of amides is 2. The summed E-state index contributed by atoms with van der Waals surface area (Å²) >= 11 is 11.8. The summed E-state index contributed by atoms with van der Waals surface area (Å²) < 4.78 is 77.2. The van der Waals surface area contributed by atoms with Crippen LogP contribution in [0.2, 0.25) is 10.0 Å². The molecule has 2 aliphatic rings. The predicted octanol–water partition coefficient (Wildman–Crippen LogP) is 4.40. The first-order valence-electron chi connectivity index (χ1n) is 10.2. The van der Waals surface area contributed by atoms with Gasteiger partial charge in [0.25, 0.3) is 11.8 Å². The second-order valence-electron chi connectivity index (χ2n) is 7.88. The molecule has 1 saturated heterocycles. The van der Waals surface area contributed by atoms with Crippen molar-refractivity contribution < 1.29 is 40.8 Å². The van der Waals surface area contributed by atoms with Crippen LogP contribution in [0.15, 0.2) is 34.8 Å². The van der Waals surface area contributed by atoms with E-state index in [4.69, 9.17) is 28.0 Å². The van der Waals surface area contributed by atoms with Crippen molar-refractivity contribution in [3.8, 4) is 0 Å². The third-order valence-electron chi connectivity index (χ3n) is 5.41. The molecule has 2 amide bonds. The summed E-state index contributed by atoms with van der Waals surface area (Å²) in [6, 6.07) is 1.24. The van der Waals surface area contributed by atoms with Crippen LogP contribution in [0, 0.1) is 5.92 Å². The highest BCUT2D eigenvalue weighted by Crippen LogP contribution is 2.37. The van der Waals surface area contributed by atoms with Gasteiger partial charge in [0.05, 0.1) is 26.9 Å². The SMILES string of the molecule is C/C(=N\Nc1ncc(C(F)(F)F)cc1Cl)C1=NO[C@@H]2C(=O)N(N(C)c3ncc(C(F)(F)F)cc3Cl)C(=O)[C@@H]12. The fraction of sp³-hybridized carbons (Fsp3) is 0.300. The largest absolute Gasteiger partial charge is 0.417 e. The van der Waals surface area contributed by atoms with Crippen molar-refractivity contribution in [1.29, 1.82) is 0 Å². The highest BCUT2D eigenvalue weighted by molar-refractivity contribution is 6.47. The minimum atomic E-state index is -4.71. The number of halogens is 8. The summed E-state index contributed by atoms with van der Waals surface area (Å²) in [5.74, 6) is -3.59. The monoisotopic (exact) mass is 583 g/mol. The van der Waals surface area contributed by atoms with Crippen molar-refractivity contribution in [3.05, 3.63) is 45.7 Å². The van der Waals surface area contributed by atoms with E-state index >= 15 is 0 Å². The summed E-state index contributed by atoms with van der Waals surface area (Å²) in [5, 5.41) is 8.24. The van der Waals surface area contributed by atoms with Crippen LogP contribution < -0.4 is 10.4 Å². The summed E-state index contributed by atoms with van der Waals surface area (Å²) in [6.07, 6.45) is -9.75. The number of pyridine rings is 2. The molecule has 18 heteroatoms. The molecule has 2 aliphatic heterocycles. The Bertz CT molecular complexity index is 1380. The number of anilines is 2. The minimum absolute atomic E-state index is 0.00612. The third-order valence-corrected chi connectivity index (χ3v) is 5.98. The van der Waals surface area contributed by atoms with E-state index in [1.165, 1.54) is 14.0 Å². The number of hydrogen-bond acceptors (Lipinski definition) is 9. The van der Waals surface area contributed by atoms with Crippen LogP contribution >= 0.6 is 23.2 Å². The Balaban J connectivity index is 1.53. The van der Waals surface area contributed by atoms with Crippen LogP contribution in [0.4, 0.5) is 38.0 Å². The van der Waals surface area contributed by atoms with Gasteiger partial charge in [-0.25, -0.2) is 9.97 Å². The second kappa shape index (κ2) is 9.58. The maximum atomic E-state index is 13.2. The van der Waals surface area contributed by atoms with Crippen LogP contribution in [0.25, 0.3) is 0 Å². The van der Waals surface area contributed by atoms with E-state index in [-0.39, 0.29) is 28.1 Å². The van der Waals surface area contributed by atoms with Gasteiger partial charge in [-0.1, -0.05) is 28.4 Å². The first kappa shape index (κ1) is 27.4. The van der Waals surface area contributed by atoms with Gasteiger partial charge in [-0.3, -0.25) is 20.0 Å². The van der Waals surface area contributed by atoms with E-state index in [9.17, 15) is 35.9 Å². The molecule has 0 aromatic carbocycles. The fourth-order valence-electron chi connectivity index (χ4n) is 3.54. The zero-order valence-corrected chi connectivity index (χ0v) is 20.4. The van der Waals surface area contributed by atoms with Crippen LogP contribution in [0.5, 0.6) is 0 Å². The molecule has 10 nitrogen and oxygen atoms in total. The van der Waals surface area contributed by atoms with E-state index in [0.29, 0.717) is 29.5 Å². The van der Waals surface area contributed by atoms with Gasteiger partial charge in [0.2, 0.25) is 6.10 Å². The molecule has 2 aromatic rings. The van der Waals surface area contributed by atoms with Crippen molar-refractivity contribution in [2.75, 3.05) is 17.5 Å². The maximum Gasteiger partial charge on any atom is 0.417 e. The van der Waals surface area contributed by atoms with E-state index in [1.54, 1.807) is 0 Å². The molecule has 4 heterocycles. The Hall–Kier alpha value is -3.66. The van der Waals surface area contributed by atoms with Crippen molar-refractivity contribution in [2.45, 2.75) is 25.4 Å². The summed E-state index contributed by atoms with van der Waals surface area (Å²) in [5.41, 5.74) is 0.0691. The number of oxime groups is 1. The molecule has 0 spiro atoms. The summed E-state index contributed by atoms with van der Waals surface area (Å²) in [7, 11) is 1.19. The smallest absolute Gasteiger partial charge is 0.381 e. The molecule has 0 saturated carbocycles. The van der Waals surface area contributed by atoms with Gasteiger partial charge < -0.3 is 4.84 Å². The molecule has 1 N–H and O–H groups in total. The number of alkyl halides is 6. The van der Waals surface area contributed by atoms with Crippen LogP contribution in [-0.4, -0.2) is 51.4 Å². The predicted molar refractivity (Wildman–Crippen MR) is 121 cm³/mol. The number of hydrogen-bond donors (Lipinski definition) is 1. The van der Waals surface area contributed by atoms with Gasteiger partial charge in [-0.15, -0.1) is 0 Å². The van der Waals surface area contributed by atoms with Crippen molar-refractivity contribution in [3.63, 3.8) is 0 Å². The third kappa shape index (κ3) is 4.92. The zero-order valence-electron chi connectivity index (χ0n) is 18.9. The number of nitrogens with one attached hydrogen (secondary N) is 1. The highest BCUT2D eigenvalue weighted by Gasteiger charge is 2.58. The van der Waals surface area contributed by atoms with Gasteiger partial charge in [0.15, 0.2) is 11.6 Å². The number of imide groups is 1. The molecule has 2 aromatic heterocycles. The number of hydrazone groups is 1. The quantitative estimate of drug-likeness (QED) is 0.240. The minimum Gasteiger partial charge on any atom is -0.381 e. The average molecular weight is 584 g/mol. The van der Waals surface area contributed by atoms with Gasteiger partial charge in [0.1, 0.15) is 11.6 Å². The lowest BCUT2D eigenvalue weighted by Gasteiger charge is -2.28. The molecule has 0 unspecified atom stereocenters. The normalized spacial score (nSPS) is 19.9. The topological polar surface area (TPSA) is 112 Å². The number of fused-ring (bicyclic) bond motifs is 1. The molecule has 0 bridgehead atoms. The number of aromatic nitrogens is 2. The molecule has 2 atom stereocenters. The lowest BCUT2D eigenvalue weighted by Crippen LogP contribution is -2.46. The van der Waals surface area contributed by atoms with Crippen molar-refractivity contribution in [1.82, 2.24) is 15.0 Å². The second-order valence-corrected chi connectivity index (χ2v) is 8.69. The molecule has 202 valence electrons. The Kier molecular flexibility index (Phi) is 6.90. The number of nitrogens with zero attached hydrogens (tertiary/aromatic N) is 6. The van der Waals surface area contributed by atoms with E-state index < -0.39 is 52.3 Å². The van der Waals surface area contributed by atoms with E-state index in [0.717, 1.165) is 5.01 Å². The van der Waals surface area contributed by atoms with Gasteiger partial charge >= 0.3 is 12.4 Å². The standard InChI is InChI=1S/C20H13Cl2F6N7O3/c1-7(31-32-15-10(21)3-8(5-29-15)19(23,24)25)13-12-14(38-33-13)18(37)35(17(12)36)34(2)16-11(22)4-9(6-30-16)20(26,27)28/h3-6,12,14H,1-2H3,(H,29,32)/b31-7+/t12-,14-/m0/s1. The lowest BCUT2D eigenvalue weighted by atomic mass is 9.97. The fourth-order valence-corrected chi connectivity index (χ4v) is 4.04. The molecule has 0 aliphatic carbocycles. The molecular weight excluding hydrogens is 571 g/mol. The number of carbonyl (C=O) groups is 2. The van der Waals surface area contributed by atoms with Crippen LogP contribution in [0.3, 0.4) is 0 Å². The highest BCUT2D eigenvalue weighted by atomic mass is 35.5. The number of carbonyl (C=O) groups excluding carboxylic acids is 2. The van der Waals surface area contributed by atoms with Crippen molar-refractivity contribution >= 4 is 58.1 Å². The van der Waals surface area contributed by atoms with Crippen LogP contribution in [0.1, 0.15) is 18.1 Å². The van der Waals surface area contributed by atoms with E-state index in [1.807, 2.05) is 0 Å². The molecular formula is C20H13Cl2F6N7O3. The molecule has 1 fully saturated rings. The summed E-state index contributed by atoms with van der Waals surface area (Å²) in [6.45, 7) is 1.37. The molecule has 0 radical (unpaired) electrons. The first-order chi connectivity index (χ1) is 17.6. The maximum absolute atomic E-state index is 13.2. The number of hydrazine groups is 1. The van der Waals surface area contributed by atoms with Gasteiger partial charge in [0, 0.05) is 19.4 Å². The Morgan fingerprint density at radius 1 is 1.03 bits per heavy atom. The van der Waals surface area contributed by atoms with Crippen molar-refractivity contribution in [2.24, 2.45) is 16.2 Å². The lowest BCUT2D eigenvalue weighted by molar-refractivity contribution is -0.143. The zero-order chi connectivity index (χ0) is 28.2. The van der Waals surface area contributed by atoms with Gasteiger partial charge in [-0.2, -0.15) is 36.5 Å². The first-order valence-corrected chi connectivity index (χ1v) is 11.0. The average Bonchev–Trinajstić information content (AvgIpc) is 3.36. The van der Waals surface area contributed by atoms with Gasteiger partial charge in [-0.05, 0) is 19.1 Å². The Morgan fingerprint density at radius 3 is 2.16 bits per heavy atom. The Labute approximate surface area is 218 Å². The Morgan fingerprint density at radius 2 is 1.61 bits per heavy atom.